The number of hydrogen-bond acceptors (Lipinski definition) is 1. The number of benzene rings is 1. The maximum Gasteiger partial charge on any atom is 0.237 e. The maximum absolute atomic E-state index is 6.25. The summed E-state index contributed by atoms with van der Waals surface area (Å²) < 4.78 is 6.95. The van der Waals surface area contributed by atoms with Crippen LogP contribution in [0.15, 0.2) is 43.0 Å². The van der Waals surface area contributed by atoms with Crippen LogP contribution in [0.5, 0.6) is 0 Å². The molecule has 2 unspecified atom stereocenters. The fourth-order valence-corrected chi connectivity index (χ4v) is 9.45. The van der Waals surface area contributed by atoms with Crippen molar-refractivity contribution in [3.63, 3.8) is 0 Å². The summed E-state index contributed by atoms with van der Waals surface area (Å²) in [7, 11) is -1.72. The van der Waals surface area contributed by atoms with Crippen molar-refractivity contribution in [2.45, 2.75) is 22.4 Å². The lowest BCUT2D eigenvalue weighted by Crippen LogP contribution is -2.55. The van der Waals surface area contributed by atoms with Gasteiger partial charge in [-0.05, 0) is 17.7 Å². The molecular weight excluding hydrogens is 327 g/mol. The Morgan fingerprint density at radius 2 is 2.19 bits per heavy atom. The van der Waals surface area contributed by atoms with Gasteiger partial charge in [-0.15, -0.1) is 6.58 Å². The minimum absolute atomic E-state index is 0.695. The summed E-state index contributed by atoms with van der Waals surface area (Å²) in [6, 6.07) is 12.1. The average molecular weight is 344 g/mol. The molecule has 86 valence electrons. The molecule has 1 aliphatic heterocycles. The Bertz CT molecular complexity index is 354. The predicted molar refractivity (Wildman–Crippen MR) is 79.8 cm³/mol. The summed E-state index contributed by atoms with van der Waals surface area (Å²) in [5.74, 6) is 0. The summed E-state index contributed by atoms with van der Waals surface area (Å²) in [6.07, 6.45) is 4.49. The molecular formula is C13H17IOSi. The zero-order chi connectivity index (χ0) is 11.4. The van der Waals surface area contributed by atoms with E-state index in [1.165, 1.54) is 24.1 Å². The zero-order valence-electron chi connectivity index (χ0n) is 9.36. The highest BCUT2D eigenvalue weighted by atomic mass is 127. The maximum atomic E-state index is 6.25. The molecule has 1 saturated heterocycles. The average Bonchev–Trinajstić information content (AvgIpc) is 2.70. The Balaban J connectivity index is 2.30. The monoisotopic (exact) mass is 344 g/mol. The van der Waals surface area contributed by atoms with Crippen LogP contribution in [0.25, 0.3) is 0 Å². The van der Waals surface area contributed by atoms with Gasteiger partial charge in [0.05, 0.1) is 6.61 Å². The van der Waals surface area contributed by atoms with Crippen molar-refractivity contribution >= 4 is 36.1 Å². The number of alkyl halides is 1. The summed E-state index contributed by atoms with van der Waals surface area (Å²) in [5, 5.41) is 1.45. The Morgan fingerprint density at radius 3 is 2.75 bits per heavy atom. The van der Waals surface area contributed by atoms with Crippen LogP contribution >= 0.6 is 22.6 Å². The van der Waals surface area contributed by atoms with Gasteiger partial charge in [0.2, 0.25) is 8.32 Å². The van der Waals surface area contributed by atoms with Crippen LogP contribution in [0, 0.1) is 0 Å². The lowest BCUT2D eigenvalue weighted by atomic mass is 10.4. The van der Waals surface area contributed by atoms with E-state index < -0.39 is 8.32 Å². The first kappa shape index (κ1) is 12.3. The topological polar surface area (TPSA) is 9.23 Å². The highest BCUT2D eigenvalue weighted by molar-refractivity contribution is 14.1. The second-order valence-electron chi connectivity index (χ2n) is 4.21. The van der Waals surface area contributed by atoms with E-state index in [2.05, 4.69) is 59.5 Å². The van der Waals surface area contributed by atoms with Crippen LogP contribution in [0.1, 0.15) is 12.8 Å². The minimum Gasteiger partial charge on any atom is -0.408 e. The van der Waals surface area contributed by atoms with Gasteiger partial charge < -0.3 is 4.43 Å². The van der Waals surface area contributed by atoms with Crippen molar-refractivity contribution < 1.29 is 4.43 Å². The van der Waals surface area contributed by atoms with Crippen molar-refractivity contribution in [3.05, 3.63) is 43.0 Å². The SMILES string of the molecule is C=CCO[Si]1(c2ccccc2)CCCC1I. The molecule has 1 aromatic rings. The molecule has 1 heterocycles. The van der Waals surface area contributed by atoms with Gasteiger partial charge in [0.25, 0.3) is 0 Å². The zero-order valence-corrected chi connectivity index (χ0v) is 12.5. The van der Waals surface area contributed by atoms with Gasteiger partial charge in [-0.2, -0.15) is 0 Å². The van der Waals surface area contributed by atoms with Gasteiger partial charge in [0.15, 0.2) is 0 Å². The van der Waals surface area contributed by atoms with E-state index in [0.717, 1.165) is 0 Å². The second-order valence-corrected chi connectivity index (χ2v) is 10.7. The third-order valence-corrected chi connectivity index (χ3v) is 11.3. The van der Waals surface area contributed by atoms with E-state index in [9.17, 15) is 0 Å². The number of halogens is 1. The smallest absolute Gasteiger partial charge is 0.237 e. The quantitative estimate of drug-likeness (QED) is 0.353. The molecule has 2 atom stereocenters. The molecule has 1 fully saturated rings. The third kappa shape index (κ3) is 2.26. The fraction of sp³-hybridized carbons (Fsp3) is 0.385. The van der Waals surface area contributed by atoms with Gasteiger partial charge >= 0.3 is 0 Å². The molecule has 0 radical (unpaired) electrons. The molecule has 0 aromatic heterocycles. The van der Waals surface area contributed by atoms with Crippen molar-refractivity contribution in [2.24, 2.45) is 0 Å². The van der Waals surface area contributed by atoms with Gasteiger partial charge in [0.1, 0.15) is 0 Å². The Kier molecular flexibility index (Phi) is 4.21. The fourth-order valence-electron chi connectivity index (χ4n) is 2.43. The van der Waals surface area contributed by atoms with Crippen LogP contribution in [0.2, 0.25) is 6.04 Å². The van der Waals surface area contributed by atoms with Gasteiger partial charge in [0, 0.05) is 3.55 Å². The van der Waals surface area contributed by atoms with Crippen molar-refractivity contribution in [2.75, 3.05) is 6.61 Å². The minimum atomic E-state index is -1.72. The van der Waals surface area contributed by atoms with Crippen LogP contribution in [-0.2, 0) is 4.43 Å². The van der Waals surface area contributed by atoms with Gasteiger partial charge in [-0.25, -0.2) is 0 Å². The molecule has 1 aliphatic rings. The molecule has 16 heavy (non-hydrogen) atoms. The van der Waals surface area contributed by atoms with Gasteiger partial charge in [-0.3, -0.25) is 0 Å². The summed E-state index contributed by atoms with van der Waals surface area (Å²) in [5.41, 5.74) is 0. The molecule has 2 rings (SSSR count). The molecule has 0 saturated carbocycles. The lowest BCUT2D eigenvalue weighted by molar-refractivity contribution is 0.356. The summed E-state index contributed by atoms with van der Waals surface area (Å²) in [4.78, 5) is 0. The summed E-state index contributed by atoms with van der Waals surface area (Å²) >= 11 is 2.59. The van der Waals surface area contributed by atoms with E-state index in [1.807, 2.05) is 6.08 Å². The first-order chi connectivity index (χ1) is 7.79. The van der Waals surface area contributed by atoms with Crippen LogP contribution in [-0.4, -0.2) is 18.5 Å². The molecule has 0 bridgehead atoms. The van der Waals surface area contributed by atoms with Crippen LogP contribution in [0.4, 0.5) is 0 Å². The summed E-state index contributed by atoms with van der Waals surface area (Å²) in [6.45, 7) is 4.46. The third-order valence-electron chi connectivity index (χ3n) is 3.23. The van der Waals surface area contributed by atoms with E-state index in [1.54, 1.807) is 0 Å². The van der Waals surface area contributed by atoms with Crippen molar-refractivity contribution in [3.8, 4) is 0 Å². The van der Waals surface area contributed by atoms with E-state index >= 15 is 0 Å². The Labute approximate surface area is 112 Å². The standard InChI is InChI=1S/C13H17IOSi/c1-2-10-15-16(11-6-9-13(16)14)12-7-4-3-5-8-12/h2-5,7-8,13H,1,6,9-11H2. The molecule has 0 aliphatic carbocycles. The molecule has 1 nitrogen and oxygen atoms in total. The molecule has 0 spiro atoms. The van der Waals surface area contributed by atoms with Crippen LogP contribution in [0.3, 0.4) is 0 Å². The first-order valence-electron chi connectivity index (χ1n) is 5.74. The second kappa shape index (κ2) is 5.47. The normalized spacial score (nSPS) is 29.2. The first-order valence-corrected chi connectivity index (χ1v) is 9.18. The molecule has 1 aromatic carbocycles. The largest absolute Gasteiger partial charge is 0.408 e. The van der Waals surface area contributed by atoms with Gasteiger partial charge in [-0.1, -0.05) is 65.4 Å². The van der Waals surface area contributed by atoms with E-state index in [4.69, 9.17) is 4.43 Å². The lowest BCUT2D eigenvalue weighted by Gasteiger charge is -2.30. The van der Waals surface area contributed by atoms with E-state index in [-0.39, 0.29) is 0 Å². The molecule has 0 amide bonds. The van der Waals surface area contributed by atoms with Crippen LogP contribution < -0.4 is 5.19 Å². The van der Waals surface area contributed by atoms with Crippen molar-refractivity contribution in [1.82, 2.24) is 0 Å². The molecule has 0 N–H and O–H groups in total. The highest BCUT2D eigenvalue weighted by Crippen LogP contribution is 2.35. The van der Waals surface area contributed by atoms with E-state index in [0.29, 0.717) is 10.2 Å². The predicted octanol–water partition coefficient (Wildman–Crippen LogP) is 3.18. The number of hydrogen-bond donors (Lipinski definition) is 0. The number of rotatable bonds is 4. The molecule has 3 heteroatoms. The Hall–Kier alpha value is -0.133. The Morgan fingerprint density at radius 1 is 1.44 bits per heavy atom. The van der Waals surface area contributed by atoms with Crippen molar-refractivity contribution in [1.29, 1.82) is 0 Å². The highest BCUT2D eigenvalue weighted by Gasteiger charge is 2.47.